The lowest BCUT2D eigenvalue weighted by atomic mass is 10.1. The fraction of sp³-hybridized carbons (Fsp3) is 0.320. The van der Waals surface area contributed by atoms with Gasteiger partial charge in [0.2, 0.25) is 5.91 Å². The molecule has 3 rings (SSSR count). The van der Waals surface area contributed by atoms with Crippen molar-refractivity contribution >= 4 is 17.7 Å². The molecule has 1 amide bonds. The summed E-state index contributed by atoms with van der Waals surface area (Å²) in [6, 6.07) is 11.2. The van der Waals surface area contributed by atoms with Crippen LogP contribution in [-0.4, -0.2) is 29.3 Å². The summed E-state index contributed by atoms with van der Waals surface area (Å²) in [5.74, 6) is 2.15. The van der Waals surface area contributed by atoms with Crippen molar-refractivity contribution in [1.82, 2.24) is 10.1 Å². The van der Waals surface area contributed by atoms with Gasteiger partial charge in [-0.2, -0.15) is 4.98 Å². The van der Waals surface area contributed by atoms with Crippen molar-refractivity contribution in [3.8, 4) is 23.0 Å². The fourth-order valence-corrected chi connectivity index (χ4v) is 3.07. The molecule has 0 radical (unpaired) electrons. The highest BCUT2D eigenvalue weighted by Crippen LogP contribution is 2.31. The molecule has 3 aromatic rings. The van der Waals surface area contributed by atoms with Crippen LogP contribution in [0, 0.1) is 6.92 Å². The predicted molar refractivity (Wildman–Crippen MR) is 125 cm³/mol. The van der Waals surface area contributed by atoms with E-state index in [4.69, 9.17) is 14.0 Å². The van der Waals surface area contributed by atoms with E-state index in [-0.39, 0.29) is 17.9 Å². The molecule has 0 aliphatic carbocycles. The number of aromatic nitrogens is 2. The number of amides is 1. The van der Waals surface area contributed by atoms with Crippen molar-refractivity contribution < 1.29 is 18.8 Å². The lowest BCUT2D eigenvalue weighted by Crippen LogP contribution is -2.10. The van der Waals surface area contributed by atoms with Crippen LogP contribution in [0.15, 0.2) is 47.0 Å². The van der Waals surface area contributed by atoms with Crippen molar-refractivity contribution in [1.29, 1.82) is 0 Å². The number of benzene rings is 2. The Balaban J connectivity index is 1.80. The van der Waals surface area contributed by atoms with Gasteiger partial charge in [0.25, 0.3) is 5.89 Å². The summed E-state index contributed by atoms with van der Waals surface area (Å²) >= 11 is 0. The zero-order chi connectivity index (χ0) is 23.3. The molecule has 1 heterocycles. The van der Waals surface area contributed by atoms with Gasteiger partial charge in [0.05, 0.1) is 24.5 Å². The number of hydrogen-bond acceptors (Lipinski definition) is 6. The van der Waals surface area contributed by atoms with Gasteiger partial charge >= 0.3 is 0 Å². The smallest absolute Gasteiger partial charge is 0.260 e. The SMILES string of the molecule is COc1cc(/C=C/C(=O)Nc2c(C)cccc2-c2nc(C(C)C)no2)ccc1OC(C)C. The Morgan fingerprint density at radius 1 is 1.12 bits per heavy atom. The van der Waals surface area contributed by atoms with Gasteiger partial charge in [0, 0.05) is 12.0 Å². The van der Waals surface area contributed by atoms with Gasteiger partial charge in [-0.15, -0.1) is 0 Å². The molecule has 0 saturated heterocycles. The molecule has 32 heavy (non-hydrogen) atoms. The first-order chi connectivity index (χ1) is 15.3. The number of hydrogen-bond donors (Lipinski definition) is 1. The van der Waals surface area contributed by atoms with Crippen molar-refractivity contribution in [2.45, 2.75) is 46.6 Å². The van der Waals surface area contributed by atoms with E-state index >= 15 is 0 Å². The van der Waals surface area contributed by atoms with Gasteiger partial charge < -0.3 is 19.3 Å². The Morgan fingerprint density at radius 2 is 1.91 bits per heavy atom. The van der Waals surface area contributed by atoms with E-state index in [1.165, 1.54) is 6.08 Å². The number of carbonyl (C=O) groups excluding carboxylic acids is 1. The molecular weight excluding hydrogens is 406 g/mol. The number of nitrogens with zero attached hydrogens (tertiary/aromatic N) is 2. The van der Waals surface area contributed by atoms with E-state index in [9.17, 15) is 4.79 Å². The molecule has 0 aliphatic heterocycles. The molecule has 0 aliphatic rings. The highest BCUT2D eigenvalue weighted by atomic mass is 16.5. The van der Waals surface area contributed by atoms with Gasteiger partial charge in [-0.05, 0) is 56.2 Å². The van der Waals surface area contributed by atoms with Crippen LogP contribution in [0.3, 0.4) is 0 Å². The number of carbonyl (C=O) groups is 1. The summed E-state index contributed by atoms with van der Waals surface area (Å²) in [7, 11) is 1.59. The molecule has 2 aromatic carbocycles. The molecule has 0 bridgehead atoms. The molecule has 0 unspecified atom stereocenters. The third-order valence-electron chi connectivity index (χ3n) is 4.69. The maximum Gasteiger partial charge on any atom is 0.260 e. The second kappa shape index (κ2) is 10.1. The summed E-state index contributed by atoms with van der Waals surface area (Å²) in [4.78, 5) is 17.1. The number of nitrogens with one attached hydrogen (secondary N) is 1. The summed E-state index contributed by atoms with van der Waals surface area (Å²) < 4.78 is 16.6. The van der Waals surface area contributed by atoms with Gasteiger partial charge in [-0.3, -0.25) is 4.79 Å². The minimum atomic E-state index is -0.273. The maximum absolute atomic E-state index is 12.7. The molecule has 7 nitrogen and oxygen atoms in total. The molecule has 0 atom stereocenters. The first-order valence-corrected chi connectivity index (χ1v) is 10.6. The molecule has 7 heteroatoms. The second-order valence-corrected chi connectivity index (χ2v) is 8.01. The zero-order valence-electron chi connectivity index (χ0n) is 19.3. The lowest BCUT2D eigenvalue weighted by molar-refractivity contribution is -0.111. The third-order valence-corrected chi connectivity index (χ3v) is 4.69. The van der Waals surface area contributed by atoms with Crippen LogP contribution < -0.4 is 14.8 Å². The normalized spacial score (nSPS) is 11.4. The van der Waals surface area contributed by atoms with Gasteiger partial charge in [-0.25, -0.2) is 0 Å². The molecule has 0 saturated carbocycles. The van der Waals surface area contributed by atoms with Crippen LogP contribution in [0.4, 0.5) is 5.69 Å². The highest BCUT2D eigenvalue weighted by Gasteiger charge is 2.17. The van der Waals surface area contributed by atoms with Crippen LogP contribution in [0.2, 0.25) is 0 Å². The standard InChI is InChI=1S/C25H29N3O4/c1-15(2)24-27-25(32-28-24)19-9-7-8-17(5)23(19)26-22(29)13-11-18-10-12-20(31-16(3)4)21(14-18)30-6/h7-16H,1-6H3,(H,26,29)/b13-11+. The van der Waals surface area contributed by atoms with Crippen LogP contribution in [0.1, 0.15) is 50.6 Å². The average Bonchev–Trinajstić information content (AvgIpc) is 3.24. The van der Waals surface area contributed by atoms with Crippen LogP contribution >= 0.6 is 0 Å². The number of para-hydroxylation sites is 1. The Kier molecular flexibility index (Phi) is 7.30. The van der Waals surface area contributed by atoms with Crippen molar-refractivity contribution in [2.24, 2.45) is 0 Å². The molecule has 0 spiro atoms. The van der Waals surface area contributed by atoms with E-state index in [1.54, 1.807) is 13.2 Å². The summed E-state index contributed by atoms with van der Waals surface area (Å²) in [5.41, 5.74) is 3.03. The number of methoxy groups -OCH3 is 1. The summed E-state index contributed by atoms with van der Waals surface area (Å²) in [6.07, 6.45) is 3.23. The maximum atomic E-state index is 12.7. The molecule has 1 aromatic heterocycles. The third kappa shape index (κ3) is 5.55. The number of aryl methyl sites for hydroxylation is 1. The van der Waals surface area contributed by atoms with Crippen LogP contribution in [0.25, 0.3) is 17.5 Å². The van der Waals surface area contributed by atoms with E-state index in [2.05, 4.69) is 15.5 Å². The van der Waals surface area contributed by atoms with Crippen molar-refractivity contribution in [3.63, 3.8) is 0 Å². The molecule has 168 valence electrons. The van der Waals surface area contributed by atoms with Gasteiger partial charge in [0.15, 0.2) is 17.3 Å². The van der Waals surface area contributed by atoms with E-state index < -0.39 is 0 Å². The molecule has 0 fully saturated rings. The summed E-state index contributed by atoms with van der Waals surface area (Å²) in [5, 5.41) is 6.97. The molecular formula is C25H29N3O4. The van der Waals surface area contributed by atoms with Crippen LogP contribution in [0.5, 0.6) is 11.5 Å². The fourth-order valence-electron chi connectivity index (χ4n) is 3.07. The topological polar surface area (TPSA) is 86.5 Å². The first kappa shape index (κ1) is 23.1. The summed E-state index contributed by atoms with van der Waals surface area (Å²) in [6.45, 7) is 9.81. The highest BCUT2D eigenvalue weighted by molar-refractivity contribution is 6.04. The van der Waals surface area contributed by atoms with Gasteiger partial charge in [-0.1, -0.05) is 37.2 Å². The minimum absolute atomic E-state index is 0.0369. The molecule has 1 N–H and O–H groups in total. The Hall–Kier alpha value is -3.61. The first-order valence-electron chi connectivity index (χ1n) is 10.6. The van der Waals surface area contributed by atoms with E-state index in [1.807, 2.05) is 71.0 Å². The number of rotatable bonds is 8. The zero-order valence-corrected chi connectivity index (χ0v) is 19.3. The number of anilines is 1. The number of ether oxygens (including phenoxy) is 2. The van der Waals surface area contributed by atoms with Crippen molar-refractivity contribution in [3.05, 3.63) is 59.4 Å². The second-order valence-electron chi connectivity index (χ2n) is 8.01. The monoisotopic (exact) mass is 435 g/mol. The Bertz CT molecular complexity index is 1120. The van der Waals surface area contributed by atoms with E-state index in [0.29, 0.717) is 34.5 Å². The van der Waals surface area contributed by atoms with Crippen molar-refractivity contribution in [2.75, 3.05) is 12.4 Å². The largest absolute Gasteiger partial charge is 0.493 e. The van der Waals surface area contributed by atoms with E-state index in [0.717, 1.165) is 11.1 Å². The average molecular weight is 436 g/mol. The Labute approximate surface area is 188 Å². The predicted octanol–water partition coefficient (Wildman–Crippen LogP) is 5.62. The Morgan fingerprint density at radius 3 is 2.56 bits per heavy atom. The van der Waals surface area contributed by atoms with Crippen LogP contribution in [-0.2, 0) is 4.79 Å². The minimum Gasteiger partial charge on any atom is -0.493 e. The lowest BCUT2D eigenvalue weighted by Gasteiger charge is -2.13. The van der Waals surface area contributed by atoms with Gasteiger partial charge in [0.1, 0.15) is 0 Å². The quantitative estimate of drug-likeness (QED) is 0.462.